The fraction of sp³-hybridized carbons (Fsp3) is 0.174. The fourth-order valence-electron chi connectivity index (χ4n) is 2.79. The zero-order valence-corrected chi connectivity index (χ0v) is 18.9. The highest BCUT2D eigenvalue weighted by Gasteiger charge is 2.23. The van der Waals surface area contributed by atoms with Crippen LogP contribution in [-0.2, 0) is 21.4 Å². The lowest BCUT2D eigenvalue weighted by atomic mass is 10.2. The molecule has 0 bridgehead atoms. The Balaban J connectivity index is 1.54. The van der Waals surface area contributed by atoms with Crippen molar-refractivity contribution in [1.29, 1.82) is 0 Å². The summed E-state index contributed by atoms with van der Waals surface area (Å²) >= 11 is 1.53. The van der Waals surface area contributed by atoms with Crippen LogP contribution in [-0.4, -0.2) is 38.5 Å². The summed E-state index contributed by atoms with van der Waals surface area (Å²) in [7, 11) is -2.36. The van der Waals surface area contributed by atoms with Crippen molar-refractivity contribution in [2.45, 2.75) is 16.4 Å². The van der Waals surface area contributed by atoms with Crippen LogP contribution in [0.2, 0.25) is 0 Å². The van der Waals surface area contributed by atoms with Crippen molar-refractivity contribution in [3.8, 4) is 5.75 Å². The number of benzene rings is 3. The topological polar surface area (TPSA) is 75.7 Å². The summed E-state index contributed by atoms with van der Waals surface area (Å²) in [4.78, 5) is 13.5. The maximum absolute atomic E-state index is 12.7. The number of sulfonamides is 1. The van der Waals surface area contributed by atoms with E-state index in [1.807, 2.05) is 36.6 Å². The van der Waals surface area contributed by atoms with Crippen LogP contribution in [0.1, 0.15) is 5.56 Å². The molecule has 0 fully saturated rings. The number of rotatable bonds is 9. The molecule has 6 nitrogen and oxygen atoms in total. The molecule has 0 saturated carbocycles. The Morgan fingerprint density at radius 1 is 0.968 bits per heavy atom. The third-order valence-electron chi connectivity index (χ3n) is 4.52. The quantitative estimate of drug-likeness (QED) is 0.487. The molecule has 0 aliphatic carbocycles. The van der Waals surface area contributed by atoms with Gasteiger partial charge in [0.05, 0.1) is 11.4 Å². The maximum Gasteiger partial charge on any atom is 0.243 e. The second-order valence-electron chi connectivity index (χ2n) is 6.78. The summed E-state index contributed by atoms with van der Waals surface area (Å²) in [6.45, 7) is 0.159. The molecule has 0 radical (unpaired) electrons. The van der Waals surface area contributed by atoms with E-state index in [0.717, 1.165) is 14.8 Å². The lowest BCUT2D eigenvalue weighted by Gasteiger charge is -2.17. The van der Waals surface area contributed by atoms with Gasteiger partial charge in [-0.25, -0.2) is 8.42 Å². The molecule has 162 valence electrons. The minimum absolute atomic E-state index is 0.153. The van der Waals surface area contributed by atoms with Gasteiger partial charge in [-0.05, 0) is 60.4 Å². The van der Waals surface area contributed by atoms with Crippen molar-refractivity contribution in [3.63, 3.8) is 0 Å². The molecule has 1 N–H and O–H groups in total. The number of nitrogens with zero attached hydrogens (tertiary/aromatic N) is 1. The molecule has 0 atom stereocenters. The average Bonchev–Trinajstić information content (AvgIpc) is 2.79. The van der Waals surface area contributed by atoms with Gasteiger partial charge < -0.3 is 10.1 Å². The van der Waals surface area contributed by atoms with Gasteiger partial charge in [-0.1, -0.05) is 30.3 Å². The maximum atomic E-state index is 12.7. The summed E-state index contributed by atoms with van der Waals surface area (Å²) < 4.78 is 32.1. The van der Waals surface area contributed by atoms with E-state index in [1.54, 1.807) is 48.5 Å². The molecule has 0 saturated heterocycles. The summed E-state index contributed by atoms with van der Waals surface area (Å²) in [6, 6.07) is 23.3. The molecule has 0 aromatic heterocycles. The fourth-order valence-corrected chi connectivity index (χ4v) is 4.33. The first-order chi connectivity index (χ1) is 14.9. The third-order valence-corrected chi connectivity index (χ3v) is 7.08. The molecule has 0 heterocycles. The summed E-state index contributed by atoms with van der Waals surface area (Å²) in [5.41, 5.74) is 1.62. The van der Waals surface area contributed by atoms with Gasteiger partial charge in [-0.3, -0.25) is 4.79 Å². The minimum Gasteiger partial charge on any atom is -0.489 e. The van der Waals surface area contributed by atoms with Crippen molar-refractivity contribution in [2.24, 2.45) is 0 Å². The zero-order valence-electron chi connectivity index (χ0n) is 17.3. The van der Waals surface area contributed by atoms with Crippen LogP contribution in [0.3, 0.4) is 0 Å². The van der Waals surface area contributed by atoms with Crippen LogP contribution in [0.5, 0.6) is 5.75 Å². The number of hydrogen-bond donors (Lipinski definition) is 1. The number of thioether (sulfide) groups is 1. The van der Waals surface area contributed by atoms with Crippen molar-refractivity contribution in [2.75, 3.05) is 25.2 Å². The highest BCUT2D eigenvalue weighted by molar-refractivity contribution is 7.98. The molecule has 0 unspecified atom stereocenters. The van der Waals surface area contributed by atoms with Gasteiger partial charge in [-0.2, -0.15) is 4.31 Å². The van der Waals surface area contributed by atoms with Crippen molar-refractivity contribution in [1.82, 2.24) is 4.31 Å². The largest absolute Gasteiger partial charge is 0.489 e. The van der Waals surface area contributed by atoms with Gasteiger partial charge >= 0.3 is 0 Å². The minimum atomic E-state index is -3.75. The number of nitrogens with one attached hydrogen (secondary N) is 1. The molecule has 31 heavy (non-hydrogen) atoms. The number of amides is 1. The number of hydrogen-bond acceptors (Lipinski definition) is 5. The predicted octanol–water partition coefficient (Wildman–Crippen LogP) is 4.25. The van der Waals surface area contributed by atoms with Gasteiger partial charge in [0, 0.05) is 17.6 Å². The Morgan fingerprint density at radius 2 is 1.61 bits per heavy atom. The molecule has 3 aromatic carbocycles. The van der Waals surface area contributed by atoms with Crippen LogP contribution < -0.4 is 10.1 Å². The highest BCUT2D eigenvalue weighted by atomic mass is 32.2. The first kappa shape index (κ1) is 22.9. The monoisotopic (exact) mass is 456 g/mol. The molecule has 0 aliphatic rings. The van der Waals surface area contributed by atoms with Crippen LogP contribution in [0.4, 0.5) is 5.69 Å². The van der Waals surface area contributed by atoms with E-state index in [9.17, 15) is 13.2 Å². The number of ether oxygens (including phenoxy) is 1. The molecular weight excluding hydrogens is 432 g/mol. The summed E-state index contributed by atoms with van der Waals surface area (Å²) in [5.74, 6) is 0.250. The van der Waals surface area contributed by atoms with Gasteiger partial charge in [0.1, 0.15) is 12.4 Å². The highest BCUT2D eigenvalue weighted by Crippen LogP contribution is 2.20. The van der Waals surface area contributed by atoms with Crippen molar-refractivity contribution < 1.29 is 17.9 Å². The second-order valence-corrected chi connectivity index (χ2v) is 9.71. The Morgan fingerprint density at radius 3 is 2.23 bits per heavy atom. The Labute approximate surface area is 187 Å². The lowest BCUT2D eigenvalue weighted by molar-refractivity contribution is -0.116. The van der Waals surface area contributed by atoms with Crippen molar-refractivity contribution in [3.05, 3.63) is 84.4 Å². The molecule has 8 heteroatoms. The Hall–Kier alpha value is -2.81. The van der Waals surface area contributed by atoms with Gasteiger partial charge in [0.15, 0.2) is 0 Å². The van der Waals surface area contributed by atoms with Gasteiger partial charge in [0.25, 0.3) is 0 Å². The SMILES string of the molecule is CSc1ccc(S(=O)(=O)N(C)CC(=O)Nc2ccc(OCc3ccccc3)cc2)cc1. The normalized spacial score (nSPS) is 11.3. The summed E-state index contributed by atoms with van der Waals surface area (Å²) in [6.07, 6.45) is 1.92. The van der Waals surface area contributed by atoms with Crippen LogP contribution in [0.15, 0.2) is 88.7 Å². The molecular formula is C23H24N2O4S2. The van der Waals surface area contributed by atoms with E-state index >= 15 is 0 Å². The molecule has 3 aromatic rings. The molecule has 0 spiro atoms. The third kappa shape index (κ3) is 6.33. The number of anilines is 1. The standard InChI is InChI=1S/C23H24N2O4S2/c1-25(31(27,28)22-14-12-21(30-2)13-15-22)16-23(26)24-19-8-10-20(11-9-19)29-17-18-6-4-3-5-7-18/h3-15H,16-17H2,1-2H3,(H,24,26). The second kappa shape index (κ2) is 10.5. The smallest absolute Gasteiger partial charge is 0.243 e. The number of carbonyl (C=O) groups excluding carboxylic acids is 1. The van der Waals surface area contributed by atoms with E-state index in [0.29, 0.717) is 18.0 Å². The van der Waals surface area contributed by atoms with Crippen LogP contribution >= 0.6 is 11.8 Å². The van der Waals surface area contributed by atoms with Crippen LogP contribution in [0, 0.1) is 0 Å². The van der Waals surface area contributed by atoms with E-state index in [-0.39, 0.29) is 11.4 Å². The first-order valence-corrected chi connectivity index (χ1v) is 12.2. The lowest BCUT2D eigenvalue weighted by Crippen LogP contribution is -2.34. The van der Waals surface area contributed by atoms with Crippen LogP contribution in [0.25, 0.3) is 0 Å². The molecule has 3 rings (SSSR count). The number of likely N-dealkylation sites (N-methyl/N-ethyl adjacent to an activating group) is 1. The Bertz CT molecular complexity index is 1100. The number of carbonyl (C=O) groups is 1. The van der Waals surface area contributed by atoms with E-state index in [2.05, 4.69) is 5.32 Å². The summed E-state index contributed by atoms with van der Waals surface area (Å²) in [5, 5.41) is 2.71. The van der Waals surface area contributed by atoms with E-state index in [1.165, 1.54) is 18.8 Å². The average molecular weight is 457 g/mol. The zero-order chi connectivity index (χ0) is 22.3. The first-order valence-electron chi connectivity index (χ1n) is 9.55. The van der Waals surface area contributed by atoms with E-state index < -0.39 is 15.9 Å². The Kier molecular flexibility index (Phi) is 7.73. The van der Waals surface area contributed by atoms with Gasteiger partial charge in [0.2, 0.25) is 15.9 Å². The molecule has 0 aliphatic heterocycles. The molecule has 1 amide bonds. The van der Waals surface area contributed by atoms with Crippen molar-refractivity contribution >= 4 is 33.4 Å². The van der Waals surface area contributed by atoms with E-state index in [4.69, 9.17) is 4.74 Å². The van der Waals surface area contributed by atoms with Gasteiger partial charge in [-0.15, -0.1) is 11.8 Å². The predicted molar refractivity (Wildman–Crippen MR) is 124 cm³/mol.